The predicted octanol–water partition coefficient (Wildman–Crippen LogP) is 3.33. The van der Waals surface area contributed by atoms with Gasteiger partial charge in [-0.3, -0.25) is 4.98 Å². The summed E-state index contributed by atoms with van der Waals surface area (Å²) in [5, 5.41) is 0. The molecule has 0 radical (unpaired) electrons. The Balaban J connectivity index is 2.08. The molecule has 3 heterocycles. The minimum absolute atomic E-state index is 0.0457. The highest BCUT2D eigenvalue weighted by molar-refractivity contribution is 5.57. The Morgan fingerprint density at radius 1 is 1.19 bits per heavy atom. The summed E-state index contributed by atoms with van der Waals surface area (Å²) in [6.07, 6.45) is -1.50. The van der Waals surface area contributed by atoms with Gasteiger partial charge in [0.2, 0.25) is 0 Å². The van der Waals surface area contributed by atoms with Crippen LogP contribution in [0.4, 0.5) is 19.0 Å². The maximum Gasteiger partial charge on any atom is 0.433 e. The number of rotatable bonds is 3. The molecule has 26 heavy (non-hydrogen) atoms. The zero-order chi connectivity index (χ0) is 18.9. The van der Waals surface area contributed by atoms with Gasteiger partial charge in [-0.1, -0.05) is 13.8 Å². The van der Waals surface area contributed by atoms with Crippen molar-refractivity contribution in [2.24, 2.45) is 5.92 Å². The van der Waals surface area contributed by atoms with E-state index in [0.717, 1.165) is 19.2 Å². The Morgan fingerprint density at radius 3 is 2.58 bits per heavy atom. The Bertz CT molecular complexity index is 748. The monoisotopic (exact) mass is 365 g/mol. The maximum absolute atomic E-state index is 13.4. The summed E-state index contributed by atoms with van der Waals surface area (Å²) in [5.74, 6) is 0.645. The molecule has 0 aromatic carbocycles. The molecule has 0 aliphatic carbocycles. The Morgan fingerprint density at radius 2 is 1.96 bits per heavy atom. The largest absolute Gasteiger partial charge is 0.433 e. The number of likely N-dealkylation sites (N-methyl/N-ethyl adjacent to an activating group) is 1. The Kier molecular flexibility index (Phi) is 5.13. The number of halogens is 3. The highest BCUT2D eigenvalue weighted by atomic mass is 19.4. The molecule has 2 aromatic rings. The summed E-state index contributed by atoms with van der Waals surface area (Å²) in [6, 6.07) is 4.47. The molecule has 1 fully saturated rings. The molecule has 0 amide bonds. The van der Waals surface area contributed by atoms with E-state index in [2.05, 4.69) is 33.7 Å². The summed E-state index contributed by atoms with van der Waals surface area (Å²) < 4.78 is 40.2. The molecule has 1 atom stereocenters. The molecule has 1 unspecified atom stereocenters. The molecule has 0 saturated carbocycles. The van der Waals surface area contributed by atoms with Gasteiger partial charge in [0.1, 0.15) is 5.82 Å². The van der Waals surface area contributed by atoms with Gasteiger partial charge in [0.05, 0.1) is 0 Å². The molecule has 0 bridgehead atoms. The first kappa shape index (κ1) is 18.6. The molecule has 1 aliphatic heterocycles. The van der Waals surface area contributed by atoms with Crippen LogP contribution in [0, 0.1) is 5.92 Å². The van der Waals surface area contributed by atoms with Crippen molar-refractivity contribution in [3.63, 3.8) is 0 Å². The van der Waals surface area contributed by atoms with Gasteiger partial charge in [-0.05, 0) is 25.1 Å². The number of hydrogen-bond acceptors (Lipinski definition) is 5. The molecule has 0 N–H and O–H groups in total. The van der Waals surface area contributed by atoms with Gasteiger partial charge in [-0.25, -0.2) is 9.97 Å². The quantitative estimate of drug-likeness (QED) is 0.835. The number of nitrogens with zero attached hydrogens (tertiary/aromatic N) is 5. The predicted molar refractivity (Wildman–Crippen MR) is 93.7 cm³/mol. The third-order valence-electron chi connectivity index (χ3n) is 4.61. The van der Waals surface area contributed by atoms with Gasteiger partial charge in [0, 0.05) is 49.7 Å². The van der Waals surface area contributed by atoms with Crippen molar-refractivity contribution in [1.29, 1.82) is 0 Å². The van der Waals surface area contributed by atoms with Gasteiger partial charge in [-0.2, -0.15) is 13.2 Å². The molecule has 1 saturated heterocycles. The van der Waals surface area contributed by atoms with E-state index in [-0.39, 0.29) is 17.8 Å². The Labute approximate surface area is 150 Å². The maximum atomic E-state index is 13.4. The van der Waals surface area contributed by atoms with Crippen molar-refractivity contribution in [1.82, 2.24) is 19.9 Å². The van der Waals surface area contributed by atoms with Gasteiger partial charge in [0.25, 0.3) is 0 Å². The van der Waals surface area contributed by atoms with Crippen molar-refractivity contribution >= 4 is 5.82 Å². The molecule has 5 nitrogen and oxygen atoms in total. The number of hydrogen-bond donors (Lipinski definition) is 0. The molecule has 1 aliphatic rings. The van der Waals surface area contributed by atoms with E-state index >= 15 is 0 Å². The van der Waals surface area contributed by atoms with Gasteiger partial charge < -0.3 is 9.80 Å². The van der Waals surface area contributed by atoms with E-state index in [9.17, 15) is 13.2 Å². The highest BCUT2D eigenvalue weighted by Crippen LogP contribution is 2.33. The summed E-state index contributed by atoms with van der Waals surface area (Å²) >= 11 is 0. The van der Waals surface area contributed by atoms with E-state index in [0.29, 0.717) is 17.9 Å². The van der Waals surface area contributed by atoms with Crippen LogP contribution in [0.1, 0.15) is 19.5 Å². The van der Waals surface area contributed by atoms with E-state index in [1.165, 1.54) is 6.20 Å². The van der Waals surface area contributed by atoms with Crippen LogP contribution in [0.15, 0.2) is 30.6 Å². The van der Waals surface area contributed by atoms with Crippen LogP contribution in [-0.4, -0.2) is 52.6 Å². The smallest absolute Gasteiger partial charge is 0.351 e. The van der Waals surface area contributed by atoms with Crippen molar-refractivity contribution in [2.75, 3.05) is 31.6 Å². The SMILES string of the molecule is CC(C)C1CN(C)CCN1c1cc(C(F)(F)F)nc(-c2cccnc2)n1. The van der Waals surface area contributed by atoms with E-state index < -0.39 is 11.9 Å². The second-order valence-corrected chi connectivity index (χ2v) is 6.94. The first-order chi connectivity index (χ1) is 12.3. The summed E-state index contributed by atoms with van der Waals surface area (Å²) in [5.41, 5.74) is -0.460. The normalized spacial score (nSPS) is 19.2. The minimum Gasteiger partial charge on any atom is -0.351 e. The molecule has 8 heteroatoms. The highest BCUT2D eigenvalue weighted by Gasteiger charge is 2.36. The average molecular weight is 365 g/mol. The van der Waals surface area contributed by atoms with Crippen LogP contribution in [0.3, 0.4) is 0 Å². The minimum atomic E-state index is -4.53. The van der Waals surface area contributed by atoms with Crippen LogP contribution in [0.2, 0.25) is 0 Å². The fraction of sp³-hybridized carbons (Fsp3) is 0.500. The lowest BCUT2D eigenvalue weighted by molar-refractivity contribution is -0.141. The van der Waals surface area contributed by atoms with Crippen molar-refractivity contribution in [2.45, 2.75) is 26.1 Å². The third kappa shape index (κ3) is 3.95. The fourth-order valence-electron chi connectivity index (χ4n) is 3.16. The zero-order valence-electron chi connectivity index (χ0n) is 15.0. The number of alkyl halides is 3. The van der Waals surface area contributed by atoms with Crippen LogP contribution < -0.4 is 4.90 Å². The van der Waals surface area contributed by atoms with Gasteiger partial charge >= 0.3 is 6.18 Å². The standard InChI is InChI=1S/C18H22F3N5/c1-12(2)14-11-25(3)7-8-26(14)16-9-15(18(19,20)21)23-17(24-16)13-5-4-6-22-10-13/h4-6,9-10,12,14H,7-8,11H2,1-3H3. The molecular weight excluding hydrogens is 343 g/mol. The van der Waals surface area contributed by atoms with Crippen LogP contribution in [0.5, 0.6) is 0 Å². The average Bonchev–Trinajstić information content (AvgIpc) is 2.61. The Hall–Kier alpha value is -2.22. The van der Waals surface area contributed by atoms with E-state index in [1.54, 1.807) is 18.3 Å². The lowest BCUT2D eigenvalue weighted by Gasteiger charge is -2.43. The summed E-state index contributed by atoms with van der Waals surface area (Å²) in [7, 11) is 2.02. The van der Waals surface area contributed by atoms with Crippen molar-refractivity contribution < 1.29 is 13.2 Å². The zero-order valence-corrected chi connectivity index (χ0v) is 15.0. The number of pyridine rings is 1. The molecule has 0 spiro atoms. The second kappa shape index (κ2) is 7.19. The van der Waals surface area contributed by atoms with Crippen molar-refractivity contribution in [3.8, 4) is 11.4 Å². The molecule has 2 aromatic heterocycles. The number of piperazine rings is 1. The lowest BCUT2D eigenvalue weighted by atomic mass is 9.99. The van der Waals surface area contributed by atoms with Crippen LogP contribution >= 0.6 is 0 Å². The third-order valence-corrected chi connectivity index (χ3v) is 4.61. The number of anilines is 1. The lowest BCUT2D eigenvalue weighted by Crippen LogP contribution is -2.54. The van der Waals surface area contributed by atoms with Crippen molar-refractivity contribution in [3.05, 3.63) is 36.3 Å². The topological polar surface area (TPSA) is 45.2 Å². The summed E-state index contributed by atoms with van der Waals surface area (Å²) in [6.45, 7) is 6.33. The molecular formula is C18H22F3N5. The van der Waals surface area contributed by atoms with Crippen LogP contribution in [-0.2, 0) is 6.18 Å². The van der Waals surface area contributed by atoms with E-state index in [4.69, 9.17) is 0 Å². The van der Waals surface area contributed by atoms with Gasteiger partial charge in [-0.15, -0.1) is 0 Å². The van der Waals surface area contributed by atoms with E-state index in [1.807, 2.05) is 11.9 Å². The first-order valence-electron chi connectivity index (χ1n) is 8.57. The second-order valence-electron chi connectivity index (χ2n) is 6.94. The fourth-order valence-corrected chi connectivity index (χ4v) is 3.16. The first-order valence-corrected chi connectivity index (χ1v) is 8.57. The van der Waals surface area contributed by atoms with Gasteiger partial charge in [0.15, 0.2) is 11.5 Å². The number of aromatic nitrogens is 3. The molecule has 3 rings (SSSR count). The summed E-state index contributed by atoms with van der Waals surface area (Å²) in [4.78, 5) is 16.3. The van der Waals surface area contributed by atoms with Crippen LogP contribution in [0.25, 0.3) is 11.4 Å². The molecule has 140 valence electrons.